The minimum absolute atomic E-state index is 0.0461. The van der Waals surface area contributed by atoms with E-state index in [1.165, 1.54) is 147 Å². The van der Waals surface area contributed by atoms with Crippen molar-refractivity contribution in [2.24, 2.45) is 46.3 Å². The van der Waals surface area contributed by atoms with Crippen molar-refractivity contribution in [2.45, 2.75) is 220 Å². The predicted octanol–water partition coefficient (Wildman–Crippen LogP) is 16.5. The summed E-state index contributed by atoms with van der Waals surface area (Å²) in [5.41, 5.74) is 4.08. The number of allylic oxidation sites excluding steroid dienone is 5. The summed E-state index contributed by atoms with van der Waals surface area (Å²) < 4.78 is 25.6. The van der Waals surface area contributed by atoms with Gasteiger partial charge in [-0.15, -0.1) is 0 Å². The van der Waals surface area contributed by atoms with Crippen molar-refractivity contribution in [1.82, 2.24) is 4.90 Å². The SMILES string of the molecule is CCCCCC=CCC=CCCCCCCCCOCC(CN1CCCC1c1ccccc1)OCCOCCO[C@H]1CC[C@@]2(C)C(=CCC3[C@@H]4CC[C@H]([C@H](C)CCCC(C)C)[C@@]4(C)CC[C@@H]32)C1. The Balaban J connectivity index is 0.855. The molecule has 5 nitrogen and oxygen atoms in total. The van der Waals surface area contributed by atoms with Gasteiger partial charge in [0.15, 0.2) is 0 Å². The molecule has 67 heavy (non-hydrogen) atoms. The standard InChI is InChI=1S/C62H103NO4/c1-7-8-9-10-11-12-13-14-15-16-17-18-19-20-21-25-42-65-49-55(48-63-41-27-32-60(63)52-30-23-22-24-31-52)67-46-44-64-43-45-66-54-37-39-61(5)53(47-54)33-34-56-58-36-35-57(51(4)29-26-28-50(2)3)62(58,6)40-38-59(56)61/h11-12,14-15,22-24,30-31,33,50-51,54-60H,7-10,13,16-21,25-29,32,34-49H2,1-6H3/t51-,54+,55?,56?,57-,58+,59+,60?,61+,62-/m1/s1. The molecular formula is C62H103NO4. The number of likely N-dealkylation sites (tertiary alicyclic amines) is 1. The molecule has 0 aromatic heterocycles. The van der Waals surface area contributed by atoms with Gasteiger partial charge in [0.1, 0.15) is 0 Å². The summed E-state index contributed by atoms with van der Waals surface area (Å²) in [6.07, 6.45) is 45.1. The number of fused-ring (bicyclic) bond motifs is 5. The zero-order valence-corrected chi connectivity index (χ0v) is 44.4. The Labute approximate surface area is 413 Å². The second-order valence-electron chi connectivity index (χ2n) is 23.4. The summed E-state index contributed by atoms with van der Waals surface area (Å²) in [4.78, 5) is 2.63. The molecule has 380 valence electrons. The van der Waals surface area contributed by atoms with Crippen LogP contribution >= 0.6 is 0 Å². The molecule has 1 aliphatic heterocycles. The number of hydrogen-bond acceptors (Lipinski definition) is 5. The minimum atomic E-state index is 0.0461. The number of nitrogens with zero attached hydrogens (tertiary/aromatic N) is 1. The van der Waals surface area contributed by atoms with E-state index >= 15 is 0 Å². The van der Waals surface area contributed by atoms with Crippen LogP contribution in [0.3, 0.4) is 0 Å². The van der Waals surface area contributed by atoms with Gasteiger partial charge in [0.05, 0.1) is 45.2 Å². The van der Waals surface area contributed by atoms with Crippen LogP contribution in [0.25, 0.3) is 0 Å². The lowest BCUT2D eigenvalue weighted by Crippen LogP contribution is -2.51. The van der Waals surface area contributed by atoms with Gasteiger partial charge in [0.25, 0.3) is 0 Å². The maximum Gasteiger partial charge on any atom is 0.0936 e. The van der Waals surface area contributed by atoms with E-state index in [9.17, 15) is 0 Å². The van der Waals surface area contributed by atoms with Gasteiger partial charge in [-0.1, -0.05) is 166 Å². The summed E-state index contributed by atoms with van der Waals surface area (Å²) >= 11 is 0. The van der Waals surface area contributed by atoms with Gasteiger partial charge in [-0.05, 0) is 161 Å². The maximum atomic E-state index is 6.56. The highest BCUT2D eigenvalue weighted by Crippen LogP contribution is 2.67. The highest BCUT2D eigenvalue weighted by atomic mass is 16.6. The van der Waals surface area contributed by atoms with Crippen molar-refractivity contribution in [2.75, 3.05) is 52.7 Å². The molecule has 0 spiro atoms. The molecule has 5 aliphatic rings. The van der Waals surface area contributed by atoms with Crippen LogP contribution in [0.5, 0.6) is 0 Å². The smallest absolute Gasteiger partial charge is 0.0936 e. The average molecular weight is 927 g/mol. The van der Waals surface area contributed by atoms with Crippen LogP contribution in [0, 0.1) is 46.3 Å². The molecule has 4 aliphatic carbocycles. The van der Waals surface area contributed by atoms with Crippen LogP contribution in [0.4, 0.5) is 0 Å². The molecule has 1 saturated heterocycles. The lowest BCUT2D eigenvalue weighted by atomic mass is 9.47. The molecule has 6 rings (SSSR count). The molecule has 4 fully saturated rings. The van der Waals surface area contributed by atoms with E-state index in [4.69, 9.17) is 18.9 Å². The quantitative estimate of drug-likeness (QED) is 0.0519. The van der Waals surface area contributed by atoms with Crippen LogP contribution in [0.1, 0.15) is 214 Å². The van der Waals surface area contributed by atoms with Crippen molar-refractivity contribution >= 4 is 0 Å². The summed E-state index contributed by atoms with van der Waals surface area (Å²) in [5.74, 6) is 5.33. The van der Waals surface area contributed by atoms with Crippen molar-refractivity contribution in [3.8, 4) is 0 Å². The third-order valence-electron chi connectivity index (χ3n) is 18.2. The molecule has 0 amide bonds. The Morgan fingerprint density at radius 3 is 2.27 bits per heavy atom. The van der Waals surface area contributed by atoms with E-state index in [1.807, 2.05) is 0 Å². The largest absolute Gasteiger partial charge is 0.379 e. The van der Waals surface area contributed by atoms with E-state index in [-0.39, 0.29) is 6.10 Å². The number of hydrogen-bond donors (Lipinski definition) is 0. The highest BCUT2D eigenvalue weighted by molar-refractivity contribution is 5.26. The topological polar surface area (TPSA) is 40.2 Å². The number of unbranched alkanes of at least 4 members (excludes halogenated alkanes) is 9. The Kier molecular flexibility index (Phi) is 24.1. The molecule has 1 aromatic carbocycles. The monoisotopic (exact) mass is 926 g/mol. The first-order valence-electron chi connectivity index (χ1n) is 28.9. The first kappa shape index (κ1) is 54.6. The first-order chi connectivity index (χ1) is 32.7. The van der Waals surface area contributed by atoms with Gasteiger partial charge in [0, 0.05) is 19.2 Å². The Bertz CT molecular complexity index is 1570. The lowest BCUT2D eigenvalue weighted by Gasteiger charge is -2.58. The zero-order valence-electron chi connectivity index (χ0n) is 44.4. The number of benzene rings is 1. The molecule has 0 radical (unpaired) electrons. The van der Waals surface area contributed by atoms with E-state index in [0.717, 1.165) is 74.5 Å². The van der Waals surface area contributed by atoms with Gasteiger partial charge < -0.3 is 18.9 Å². The molecule has 5 heteroatoms. The minimum Gasteiger partial charge on any atom is -0.379 e. The Morgan fingerprint density at radius 2 is 1.48 bits per heavy atom. The van der Waals surface area contributed by atoms with Crippen molar-refractivity contribution < 1.29 is 18.9 Å². The van der Waals surface area contributed by atoms with Crippen LogP contribution in [0.15, 0.2) is 66.3 Å². The zero-order chi connectivity index (χ0) is 47.2. The number of ether oxygens (including phenoxy) is 4. The fourth-order valence-electron chi connectivity index (χ4n) is 14.4. The third-order valence-corrected chi connectivity index (χ3v) is 18.2. The van der Waals surface area contributed by atoms with Gasteiger partial charge >= 0.3 is 0 Å². The molecule has 3 saturated carbocycles. The second-order valence-corrected chi connectivity index (χ2v) is 23.4. The fourth-order valence-corrected chi connectivity index (χ4v) is 14.4. The van der Waals surface area contributed by atoms with Gasteiger partial charge in [-0.25, -0.2) is 0 Å². The summed E-state index contributed by atoms with van der Waals surface area (Å²) in [7, 11) is 0. The molecule has 1 heterocycles. The van der Waals surface area contributed by atoms with Crippen molar-refractivity contribution in [1.29, 1.82) is 0 Å². The van der Waals surface area contributed by atoms with Crippen LogP contribution in [-0.4, -0.2) is 69.8 Å². The molecular weight excluding hydrogens is 823 g/mol. The highest BCUT2D eigenvalue weighted by Gasteiger charge is 2.59. The van der Waals surface area contributed by atoms with Crippen molar-refractivity contribution in [3.05, 3.63) is 71.8 Å². The lowest BCUT2D eigenvalue weighted by molar-refractivity contribution is -0.0737. The first-order valence-corrected chi connectivity index (χ1v) is 28.9. The normalized spacial score (nSPS) is 29.7. The van der Waals surface area contributed by atoms with Crippen LogP contribution < -0.4 is 0 Å². The molecule has 0 N–H and O–H groups in total. The van der Waals surface area contributed by atoms with Gasteiger partial charge in [-0.3, -0.25) is 4.90 Å². The molecule has 0 bridgehead atoms. The van der Waals surface area contributed by atoms with E-state index < -0.39 is 0 Å². The molecule has 10 atom stereocenters. The summed E-state index contributed by atoms with van der Waals surface area (Å²) in [5, 5.41) is 0. The van der Waals surface area contributed by atoms with E-state index in [1.54, 1.807) is 5.57 Å². The fraction of sp³-hybridized carbons (Fsp3) is 0.806. The molecule has 1 aromatic rings. The van der Waals surface area contributed by atoms with E-state index in [0.29, 0.717) is 56.0 Å². The third kappa shape index (κ3) is 16.7. The molecule has 3 unspecified atom stereocenters. The van der Waals surface area contributed by atoms with Crippen LogP contribution in [-0.2, 0) is 18.9 Å². The maximum absolute atomic E-state index is 6.56. The summed E-state index contributed by atoms with van der Waals surface area (Å²) in [6, 6.07) is 11.5. The average Bonchev–Trinajstić information content (AvgIpc) is 3.95. The number of rotatable bonds is 33. The van der Waals surface area contributed by atoms with Gasteiger partial charge in [-0.2, -0.15) is 0 Å². The predicted molar refractivity (Wildman–Crippen MR) is 284 cm³/mol. The van der Waals surface area contributed by atoms with Crippen molar-refractivity contribution in [3.63, 3.8) is 0 Å². The second kappa shape index (κ2) is 29.6. The summed E-state index contributed by atoms with van der Waals surface area (Å²) in [6.45, 7) is 21.0. The Hall–Kier alpha value is -1.76. The van der Waals surface area contributed by atoms with Crippen LogP contribution in [0.2, 0.25) is 0 Å². The Morgan fingerprint density at radius 1 is 0.716 bits per heavy atom. The van der Waals surface area contributed by atoms with E-state index in [2.05, 4.69) is 107 Å². The van der Waals surface area contributed by atoms with Gasteiger partial charge in [0.2, 0.25) is 0 Å².